The van der Waals surface area contributed by atoms with Crippen LogP contribution in [0.2, 0.25) is 0 Å². The molecule has 0 radical (unpaired) electrons. The van der Waals surface area contributed by atoms with Gasteiger partial charge < -0.3 is 0 Å². The number of hydrogen-bond acceptors (Lipinski definition) is 0. The normalized spacial score (nSPS) is 11.4. The fraction of sp³-hybridized carbons (Fsp3) is 0.167. The van der Waals surface area contributed by atoms with Crippen molar-refractivity contribution in [2.75, 3.05) is 0 Å². The van der Waals surface area contributed by atoms with Crippen LogP contribution in [0.5, 0.6) is 0 Å². The third-order valence-electron chi connectivity index (χ3n) is 4.68. The lowest BCUT2D eigenvalue weighted by Gasteiger charge is -2.04. The number of fused-ring (bicyclic) bond motifs is 3. The number of rotatable bonds is 2. The van der Waals surface area contributed by atoms with Gasteiger partial charge in [-0.3, -0.25) is 0 Å². The van der Waals surface area contributed by atoms with Gasteiger partial charge in [0.05, 0.1) is 0 Å². The minimum atomic E-state index is -0.233. The van der Waals surface area contributed by atoms with Gasteiger partial charge in [-0.05, 0) is 77.1 Å². The maximum Gasteiger partial charge on any atom is 0.123 e. The summed E-state index contributed by atoms with van der Waals surface area (Å²) in [5.74, 6) is 6.07. The van der Waals surface area contributed by atoms with Gasteiger partial charge in [0.2, 0.25) is 0 Å². The van der Waals surface area contributed by atoms with Crippen LogP contribution in [-0.2, 0) is 12.8 Å². The molecule has 0 bridgehead atoms. The van der Waals surface area contributed by atoms with Crippen molar-refractivity contribution in [3.05, 3.63) is 94.3 Å². The van der Waals surface area contributed by atoms with Gasteiger partial charge in [-0.2, -0.15) is 0 Å². The largest absolute Gasteiger partial charge is 0.207 e. The van der Waals surface area contributed by atoms with Gasteiger partial charge in [-0.25, -0.2) is 4.39 Å². The lowest BCUT2D eigenvalue weighted by molar-refractivity contribution is 0.627. The SMILES string of the molecule is CCCc1ccc2c(c1)Cc1cc(C#Cc3ccc(F)cc3)ccc1-2. The van der Waals surface area contributed by atoms with E-state index in [2.05, 4.69) is 55.2 Å². The van der Waals surface area contributed by atoms with Crippen molar-refractivity contribution < 1.29 is 4.39 Å². The second-order valence-electron chi connectivity index (χ2n) is 6.55. The molecule has 0 heterocycles. The van der Waals surface area contributed by atoms with Crippen LogP contribution in [0.4, 0.5) is 4.39 Å². The molecule has 1 aliphatic rings. The molecule has 0 aromatic heterocycles. The van der Waals surface area contributed by atoms with E-state index in [1.165, 1.54) is 46.4 Å². The summed E-state index contributed by atoms with van der Waals surface area (Å²) in [6.45, 7) is 2.22. The Labute approximate surface area is 148 Å². The van der Waals surface area contributed by atoms with E-state index in [0.717, 1.165) is 24.0 Å². The molecule has 0 nitrogen and oxygen atoms in total. The molecule has 0 N–H and O–H groups in total. The van der Waals surface area contributed by atoms with Crippen LogP contribution in [-0.4, -0.2) is 0 Å². The molecule has 1 aliphatic carbocycles. The lowest BCUT2D eigenvalue weighted by atomic mass is 10.0. The van der Waals surface area contributed by atoms with E-state index in [0.29, 0.717) is 0 Å². The van der Waals surface area contributed by atoms with E-state index >= 15 is 0 Å². The molecule has 0 spiro atoms. The van der Waals surface area contributed by atoms with Crippen LogP contribution < -0.4 is 0 Å². The van der Waals surface area contributed by atoms with E-state index in [9.17, 15) is 4.39 Å². The third kappa shape index (κ3) is 3.21. The number of halogens is 1. The van der Waals surface area contributed by atoms with Gasteiger partial charge >= 0.3 is 0 Å². The van der Waals surface area contributed by atoms with Crippen molar-refractivity contribution in [3.8, 4) is 23.0 Å². The minimum Gasteiger partial charge on any atom is -0.207 e. The summed E-state index contributed by atoms with van der Waals surface area (Å²) in [7, 11) is 0. The van der Waals surface area contributed by atoms with E-state index in [1.807, 2.05) is 0 Å². The molecular weight excluding hydrogens is 307 g/mol. The average Bonchev–Trinajstić information content (AvgIpc) is 2.98. The Hall–Kier alpha value is -2.85. The molecule has 25 heavy (non-hydrogen) atoms. The lowest BCUT2D eigenvalue weighted by Crippen LogP contribution is -1.86. The first-order valence-electron chi connectivity index (χ1n) is 8.75. The summed E-state index contributed by atoms with van der Waals surface area (Å²) in [5, 5.41) is 0. The Morgan fingerprint density at radius 2 is 1.44 bits per heavy atom. The highest BCUT2D eigenvalue weighted by atomic mass is 19.1. The van der Waals surface area contributed by atoms with Crippen LogP contribution >= 0.6 is 0 Å². The van der Waals surface area contributed by atoms with Gasteiger partial charge in [0.15, 0.2) is 0 Å². The summed E-state index contributed by atoms with van der Waals surface area (Å²) in [6, 6.07) is 19.6. The Morgan fingerprint density at radius 3 is 2.20 bits per heavy atom. The highest BCUT2D eigenvalue weighted by Gasteiger charge is 2.18. The van der Waals surface area contributed by atoms with Crippen LogP contribution in [0, 0.1) is 17.7 Å². The molecule has 0 saturated carbocycles. The second kappa shape index (κ2) is 6.57. The van der Waals surface area contributed by atoms with Gasteiger partial charge in [0.1, 0.15) is 5.82 Å². The van der Waals surface area contributed by atoms with Crippen LogP contribution in [0.15, 0.2) is 60.7 Å². The van der Waals surface area contributed by atoms with Crippen molar-refractivity contribution in [2.45, 2.75) is 26.2 Å². The summed E-state index contributed by atoms with van der Waals surface area (Å²) in [5.41, 5.74) is 8.70. The molecule has 0 unspecified atom stereocenters. The molecule has 3 aromatic rings. The fourth-order valence-electron chi connectivity index (χ4n) is 3.46. The maximum atomic E-state index is 13.0. The minimum absolute atomic E-state index is 0.233. The quantitative estimate of drug-likeness (QED) is 0.411. The fourth-order valence-corrected chi connectivity index (χ4v) is 3.46. The van der Waals surface area contributed by atoms with E-state index in [4.69, 9.17) is 0 Å². The average molecular weight is 326 g/mol. The number of aryl methyl sites for hydroxylation is 1. The maximum absolute atomic E-state index is 13.0. The van der Waals surface area contributed by atoms with Crippen molar-refractivity contribution in [3.63, 3.8) is 0 Å². The van der Waals surface area contributed by atoms with Crippen molar-refractivity contribution in [2.24, 2.45) is 0 Å². The molecule has 0 fully saturated rings. The van der Waals surface area contributed by atoms with E-state index in [-0.39, 0.29) is 5.82 Å². The van der Waals surface area contributed by atoms with Crippen molar-refractivity contribution in [1.82, 2.24) is 0 Å². The van der Waals surface area contributed by atoms with E-state index < -0.39 is 0 Å². The standard InChI is InChI=1S/C24H19F/c1-2-3-18-8-12-23-20(14-18)16-21-15-19(9-13-24(21)23)5-4-17-6-10-22(25)11-7-17/h6-15H,2-3,16H2,1H3. The molecule has 1 heteroatoms. The summed E-state index contributed by atoms with van der Waals surface area (Å²) < 4.78 is 13.0. The molecule has 4 rings (SSSR count). The summed E-state index contributed by atoms with van der Waals surface area (Å²) in [4.78, 5) is 0. The second-order valence-corrected chi connectivity index (χ2v) is 6.55. The third-order valence-corrected chi connectivity index (χ3v) is 4.68. The molecule has 3 aromatic carbocycles. The zero-order chi connectivity index (χ0) is 17.2. The van der Waals surface area contributed by atoms with Gasteiger partial charge in [-0.15, -0.1) is 0 Å². The number of hydrogen-bond donors (Lipinski definition) is 0. The van der Waals surface area contributed by atoms with E-state index in [1.54, 1.807) is 12.1 Å². The van der Waals surface area contributed by atoms with Crippen molar-refractivity contribution >= 4 is 0 Å². The Balaban J connectivity index is 1.62. The molecule has 0 atom stereocenters. The first-order valence-corrected chi connectivity index (χ1v) is 8.75. The van der Waals surface area contributed by atoms with Crippen molar-refractivity contribution in [1.29, 1.82) is 0 Å². The smallest absolute Gasteiger partial charge is 0.123 e. The first kappa shape index (κ1) is 15.7. The number of benzene rings is 3. The Bertz CT molecular complexity index is 985. The molecule has 0 saturated heterocycles. The predicted octanol–water partition coefficient (Wildman–Crippen LogP) is 5.75. The molecule has 0 aliphatic heterocycles. The Morgan fingerprint density at radius 1 is 0.800 bits per heavy atom. The highest BCUT2D eigenvalue weighted by molar-refractivity contribution is 5.77. The zero-order valence-electron chi connectivity index (χ0n) is 14.3. The molecule has 122 valence electrons. The first-order chi connectivity index (χ1) is 12.2. The van der Waals surface area contributed by atoms with Crippen LogP contribution in [0.25, 0.3) is 11.1 Å². The zero-order valence-corrected chi connectivity index (χ0v) is 14.3. The molecular formula is C24H19F. The predicted molar refractivity (Wildman–Crippen MR) is 101 cm³/mol. The molecule has 0 amide bonds. The van der Waals surface area contributed by atoms with Crippen LogP contribution in [0.1, 0.15) is 41.2 Å². The van der Waals surface area contributed by atoms with Crippen LogP contribution in [0.3, 0.4) is 0 Å². The highest BCUT2D eigenvalue weighted by Crippen LogP contribution is 2.37. The topological polar surface area (TPSA) is 0 Å². The Kier molecular flexibility index (Phi) is 4.12. The van der Waals surface area contributed by atoms with Gasteiger partial charge in [0, 0.05) is 11.1 Å². The van der Waals surface area contributed by atoms with Gasteiger partial charge in [0.25, 0.3) is 0 Å². The monoisotopic (exact) mass is 326 g/mol. The summed E-state index contributed by atoms with van der Waals surface area (Å²) >= 11 is 0. The summed E-state index contributed by atoms with van der Waals surface area (Å²) in [6.07, 6.45) is 3.29. The van der Waals surface area contributed by atoms with Gasteiger partial charge in [-0.1, -0.05) is 49.5 Å².